The Labute approximate surface area is 210 Å². The minimum absolute atomic E-state index is 0. The molecule has 0 aliphatic heterocycles. The van der Waals surface area contributed by atoms with E-state index >= 15 is 0 Å². The van der Waals surface area contributed by atoms with Crippen LogP contribution in [0.1, 0.15) is 90.8 Å². The molecule has 0 fully saturated rings. The molecular weight excluding hydrogens is 410 g/mol. The van der Waals surface area contributed by atoms with Gasteiger partial charge in [-0.05, 0) is 98.2 Å². The molecular formula is C27H40LiO3P. The summed E-state index contributed by atoms with van der Waals surface area (Å²) in [6, 6.07) is 10.1. The quantitative estimate of drug-likeness (QED) is 0.506. The summed E-state index contributed by atoms with van der Waals surface area (Å²) >= 11 is 0. The van der Waals surface area contributed by atoms with Crippen LogP contribution < -0.4 is 33.6 Å². The van der Waals surface area contributed by atoms with Gasteiger partial charge in [-0.15, -0.1) is 0 Å². The number of hydrogen-bond donors (Lipinski definition) is 0. The molecule has 0 bridgehead atoms. The number of carbonyl (C=O) groups is 1. The molecule has 0 saturated heterocycles. The summed E-state index contributed by atoms with van der Waals surface area (Å²) in [7, 11) is -0.0184. The minimum Gasteiger partial charge on any atom is -1.00 e. The van der Waals surface area contributed by atoms with E-state index in [1.165, 1.54) is 5.56 Å². The zero-order valence-corrected chi connectivity index (χ0v) is 23.1. The second-order valence-electron chi connectivity index (χ2n) is 11.3. The van der Waals surface area contributed by atoms with Crippen LogP contribution in [0.15, 0.2) is 30.3 Å². The molecule has 0 saturated carbocycles. The summed E-state index contributed by atoms with van der Waals surface area (Å²) in [6.07, 6.45) is 0. The van der Waals surface area contributed by atoms with Crippen LogP contribution in [0.3, 0.4) is 0 Å². The second kappa shape index (κ2) is 10.3. The molecule has 32 heavy (non-hydrogen) atoms. The molecule has 1 atom stereocenters. The van der Waals surface area contributed by atoms with Crippen molar-refractivity contribution < 1.29 is 34.6 Å². The fourth-order valence-electron chi connectivity index (χ4n) is 3.38. The molecule has 172 valence electrons. The molecule has 0 amide bonds. The smallest absolute Gasteiger partial charge is 1.00 e. The number of benzene rings is 2. The first kappa shape index (κ1) is 28.8. The van der Waals surface area contributed by atoms with Crippen molar-refractivity contribution in [2.24, 2.45) is 0 Å². The molecule has 0 spiro atoms. The van der Waals surface area contributed by atoms with Gasteiger partial charge in [0, 0.05) is 16.9 Å². The largest absolute Gasteiger partial charge is 1.00 e. The Morgan fingerprint density at radius 3 is 1.75 bits per heavy atom. The molecule has 5 heteroatoms. The Hall–Kier alpha value is -1.26. The number of ether oxygens (including phenoxy) is 2. The fraction of sp³-hybridized carbons (Fsp3) is 0.519. The van der Waals surface area contributed by atoms with E-state index in [4.69, 9.17) is 9.47 Å². The van der Waals surface area contributed by atoms with Crippen molar-refractivity contribution in [3.05, 3.63) is 52.6 Å². The first-order valence-electron chi connectivity index (χ1n) is 10.9. The van der Waals surface area contributed by atoms with E-state index in [1.54, 1.807) is 0 Å². The first-order chi connectivity index (χ1) is 14.0. The van der Waals surface area contributed by atoms with E-state index in [2.05, 4.69) is 32.9 Å². The van der Waals surface area contributed by atoms with Gasteiger partial charge in [-0.1, -0.05) is 32.9 Å². The van der Waals surface area contributed by atoms with Gasteiger partial charge in [-0.25, -0.2) is 0 Å². The van der Waals surface area contributed by atoms with E-state index in [0.29, 0.717) is 5.75 Å². The summed E-state index contributed by atoms with van der Waals surface area (Å²) in [6.45, 7) is 22.7. The molecule has 3 nitrogen and oxygen atoms in total. The predicted molar refractivity (Wildman–Crippen MR) is 135 cm³/mol. The summed E-state index contributed by atoms with van der Waals surface area (Å²) in [4.78, 5) is 13.4. The third-order valence-corrected chi connectivity index (χ3v) is 5.83. The van der Waals surface area contributed by atoms with Crippen LogP contribution in [0.4, 0.5) is 0 Å². The summed E-state index contributed by atoms with van der Waals surface area (Å²) < 4.78 is 12.2. The average Bonchev–Trinajstić information content (AvgIpc) is 2.52. The Morgan fingerprint density at radius 1 is 0.812 bits per heavy atom. The van der Waals surface area contributed by atoms with Crippen LogP contribution in [0.5, 0.6) is 11.5 Å². The Balaban J connectivity index is 0.00000512. The zero-order valence-electron chi connectivity index (χ0n) is 23.1. The molecule has 2 aromatic carbocycles. The number of aryl methyl sites for hydroxylation is 2. The monoisotopic (exact) mass is 450 g/mol. The van der Waals surface area contributed by atoms with Crippen LogP contribution in [-0.4, -0.2) is 16.7 Å². The van der Waals surface area contributed by atoms with Crippen molar-refractivity contribution >= 4 is 19.4 Å². The van der Waals surface area contributed by atoms with E-state index in [9.17, 15) is 4.79 Å². The van der Waals surface area contributed by atoms with E-state index in [-0.39, 0.29) is 51.0 Å². The van der Waals surface area contributed by atoms with Crippen LogP contribution in [0.25, 0.3) is 0 Å². The summed E-state index contributed by atoms with van der Waals surface area (Å²) in [5.74, 6) is 1.46. The van der Waals surface area contributed by atoms with Crippen LogP contribution >= 0.6 is 8.58 Å². The van der Waals surface area contributed by atoms with Gasteiger partial charge >= 0.3 is 18.9 Å². The fourth-order valence-corrected chi connectivity index (χ4v) is 4.55. The maximum atomic E-state index is 13.4. The standard InChI is InChI=1S/C27H39O3P.Li.H/c1-17-14-19(25(3,4)5)15-18(2)23(17)24(28)31-22-13-12-20(29-26(6,7)8)16-21(22)30-27(9,10)11;;/h12-16,31H,1-11H3;;/q;+1;-1. The zero-order chi connectivity index (χ0) is 23.8. The molecule has 2 aromatic rings. The molecule has 0 aliphatic rings. The predicted octanol–water partition coefficient (Wildman–Crippen LogP) is 4.22. The summed E-state index contributed by atoms with van der Waals surface area (Å²) in [5.41, 5.74) is 3.66. The van der Waals surface area contributed by atoms with Crippen LogP contribution in [-0.2, 0) is 5.41 Å². The molecule has 0 heterocycles. The van der Waals surface area contributed by atoms with Gasteiger partial charge in [0.2, 0.25) is 0 Å². The van der Waals surface area contributed by atoms with Gasteiger partial charge in [0.05, 0.1) is 0 Å². The third kappa shape index (κ3) is 8.26. The molecule has 1 unspecified atom stereocenters. The Kier molecular flexibility index (Phi) is 9.30. The topological polar surface area (TPSA) is 35.5 Å². The van der Waals surface area contributed by atoms with Crippen molar-refractivity contribution in [3.63, 3.8) is 0 Å². The average molecular weight is 451 g/mol. The van der Waals surface area contributed by atoms with Gasteiger partial charge in [0.1, 0.15) is 22.7 Å². The van der Waals surface area contributed by atoms with E-state index in [0.717, 1.165) is 27.7 Å². The SMILES string of the molecule is Cc1cc(C(C)(C)C)cc(C)c1C(=O)Pc1ccc(OC(C)(C)C)cc1OC(C)(C)C.[H-].[Li+]. The van der Waals surface area contributed by atoms with Crippen LogP contribution in [0, 0.1) is 13.8 Å². The third-order valence-electron chi connectivity index (χ3n) is 4.67. The van der Waals surface area contributed by atoms with E-state index in [1.807, 2.05) is 73.6 Å². The van der Waals surface area contributed by atoms with Gasteiger partial charge in [0.25, 0.3) is 0 Å². The molecule has 0 N–H and O–H groups in total. The van der Waals surface area contributed by atoms with Crippen molar-refractivity contribution in [2.45, 2.75) is 92.8 Å². The van der Waals surface area contributed by atoms with Crippen molar-refractivity contribution in [1.82, 2.24) is 0 Å². The van der Waals surface area contributed by atoms with Crippen LogP contribution in [0.2, 0.25) is 0 Å². The van der Waals surface area contributed by atoms with Crippen molar-refractivity contribution in [3.8, 4) is 11.5 Å². The molecule has 0 aromatic heterocycles. The van der Waals surface area contributed by atoms with Gasteiger partial charge in [0.15, 0.2) is 5.52 Å². The molecule has 0 radical (unpaired) electrons. The molecule has 2 rings (SSSR count). The van der Waals surface area contributed by atoms with Gasteiger partial charge in [-0.2, -0.15) is 0 Å². The number of rotatable bonds is 5. The second-order valence-corrected chi connectivity index (χ2v) is 12.5. The van der Waals surface area contributed by atoms with Crippen molar-refractivity contribution in [2.75, 3.05) is 0 Å². The normalized spacial score (nSPS) is 12.6. The molecule has 0 aliphatic carbocycles. The first-order valence-corrected chi connectivity index (χ1v) is 11.9. The van der Waals surface area contributed by atoms with Gasteiger partial charge in [-0.3, -0.25) is 4.79 Å². The van der Waals surface area contributed by atoms with Gasteiger partial charge < -0.3 is 10.9 Å². The minimum atomic E-state index is -0.372. The number of carbonyl (C=O) groups excluding carboxylic acids is 1. The maximum Gasteiger partial charge on any atom is 1.00 e. The van der Waals surface area contributed by atoms with E-state index < -0.39 is 0 Å². The Morgan fingerprint density at radius 2 is 1.31 bits per heavy atom. The van der Waals surface area contributed by atoms with Crippen molar-refractivity contribution in [1.29, 1.82) is 0 Å². The number of hydrogen-bond acceptors (Lipinski definition) is 3. The Bertz CT molecular complexity index is 944. The summed E-state index contributed by atoms with van der Waals surface area (Å²) in [5, 5.41) is 0.903. The maximum absolute atomic E-state index is 13.4.